The van der Waals surface area contributed by atoms with E-state index in [1.165, 1.54) is 7.11 Å². The van der Waals surface area contributed by atoms with Crippen molar-refractivity contribution in [2.24, 2.45) is 27.4 Å². The van der Waals surface area contributed by atoms with Gasteiger partial charge in [-0.25, -0.2) is 24.5 Å². The van der Waals surface area contributed by atoms with Gasteiger partial charge in [0.05, 0.1) is 93.2 Å². The number of aromatic amines is 2. The van der Waals surface area contributed by atoms with Crippen molar-refractivity contribution in [1.82, 2.24) is 35.9 Å². The minimum atomic E-state index is -1.71. The van der Waals surface area contributed by atoms with E-state index in [9.17, 15) is 19.2 Å². The topological polar surface area (TPSA) is 487 Å². The number of aliphatic imine (C=N–C) groups is 2. The Balaban J connectivity index is 0.000000426. The van der Waals surface area contributed by atoms with Gasteiger partial charge in [0.15, 0.2) is 11.6 Å². The van der Waals surface area contributed by atoms with Gasteiger partial charge in [0.1, 0.15) is 40.1 Å². The predicted molar refractivity (Wildman–Crippen MR) is 546 cm³/mol. The number of carboxylic acids is 2. The number of carbonyl (C=O) groups is 5. The summed E-state index contributed by atoms with van der Waals surface area (Å²) in [5, 5.41) is 38.7. The minimum absolute atomic E-state index is 0. The fraction of sp³-hybridized carbons (Fsp3) is 0.286. The Morgan fingerprint density at radius 2 is 0.853 bits per heavy atom. The Hall–Kier alpha value is -11.4. The van der Waals surface area contributed by atoms with Gasteiger partial charge in [-0.2, -0.15) is 0 Å². The molecule has 2 aliphatic heterocycles. The average Bonchev–Trinajstić information content (AvgIpc) is 1.67. The molecule has 18 N–H and O–H groups in total. The van der Waals surface area contributed by atoms with Crippen LogP contribution in [-0.4, -0.2) is 183 Å². The van der Waals surface area contributed by atoms with E-state index in [1.807, 2.05) is 227 Å². The van der Waals surface area contributed by atoms with E-state index in [0.717, 1.165) is 169 Å². The molecule has 0 saturated heterocycles. The molecule has 136 heavy (non-hydrogen) atoms. The van der Waals surface area contributed by atoms with Gasteiger partial charge in [0.25, 0.3) is 21.6 Å². The third kappa shape index (κ3) is 38.3. The molecule has 4 heterocycles. The molecular formula is C98H116Cl7N14NaO16. The van der Waals surface area contributed by atoms with E-state index >= 15 is 0 Å². The average molecular weight is 2020 g/mol. The number of carbonyl (C=O) groups excluding carboxylic acids is 3. The van der Waals surface area contributed by atoms with Gasteiger partial charge >= 0.3 is 41.6 Å². The Kier molecular flexibility index (Phi) is 50.8. The van der Waals surface area contributed by atoms with E-state index in [1.54, 1.807) is 35.5 Å². The van der Waals surface area contributed by atoms with Gasteiger partial charge < -0.3 is 103 Å². The van der Waals surface area contributed by atoms with Crippen LogP contribution in [0, 0.1) is 11.3 Å². The quantitative estimate of drug-likeness (QED) is 0.00667. The second-order valence-corrected chi connectivity index (χ2v) is 35.0. The maximum atomic E-state index is 12.6. The number of nitrogen functional groups attached to an aromatic ring is 2. The standard InChI is InChI=1S/C26H34N4O4.C20H25N5O2.C16H12Cl3NO.C16H13NO3.C13H14N2O.C3H4Cl3NO.C2H4O2.CH4O.CH4.ClH.Na.H2O/c1-17(7-6-14-27-25(32)34-26(2,3)4)16-28-24(31)23-29-21-13-10-19(15-22(21)30-23)18-8-11-20(33-5)12-9-18;1-27-16-7-4-13(5-8-16)14-6-9-17-18(11-14)25-19(24-17)20(26)23-12-15(22)3-2-10-21;1-21-13-6-4-10(5-7-13)11-2-3-12-9-15(16(17,18)19)20-14(12)8-11;1-20-13-6-4-10(5-7-13)11-2-3-12-9-15(16(18)19)17-14(12)8-11;1-16-11-5-2-9(3-6-11)10-4-7-12(14)13(15)8-10;1-8-2(7)3(4,5)6;1-2(3)4;1-2;;;;/h8-13,15,17H,6-7,14,16H2,1-5H3,(H,27,32)(H,28,31)(H,29,30);4-9,11,15H,2-3,10,12,21-22H2,1H3,(H,23,26)(H,24,25);2-8H,9H2,1H3;2-8H,9H2,1H3,(H,18,19);2-8H,14-15H2,1H3;7H,1H3;1H3,(H,3,4);2H,1H3;1H4;1H;;1H2/q;;;;;;;;;;+1;/p-1/t17-;15-;;;;;;;;;;/m00........../s1. The Morgan fingerprint density at radius 3 is 1.20 bits per heavy atom. The van der Waals surface area contributed by atoms with Gasteiger partial charge in [-0.3, -0.25) is 24.8 Å². The second-order valence-electron chi connectivity index (χ2n) is 30.4. The first-order valence-electron chi connectivity index (χ1n) is 41.2. The van der Waals surface area contributed by atoms with Crippen LogP contribution in [-0.2, 0) is 31.9 Å². The first-order valence-corrected chi connectivity index (χ1v) is 43.5. The number of H-pyrrole nitrogens is 2. The number of hydrogen-bond acceptors (Lipinski definition) is 23. The molecule has 2 aromatic heterocycles. The SMILES string of the molecule is C.CC(=O)O.CO.COC(=N)C(Cl)(Cl)Cl.COc1ccc(-c2ccc(N)c(N)c2)cc1.COc1ccc(-c2ccc3c(c2)N=C(C(=O)O)C3)cc1.COc1ccc(-c2ccc3c(c2)N=C(C(Cl)(Cl)Cl)C3)cc1.COc1ccc(-c2ccc3nc(C(=O)NC[C@@H](C)CCCNC(=O)OC(C)(C)C)[nH]c3c2)cc1.COc1ccc(-c2ccc3nc(C(=O)NC[C@@H](N)CCCN)[nH]c3c2)cc1.Cl.[Na+].[OH-]. The third-order valence-electron chi connectivity index (χ3n) is 19.5. The number of methoxy groups -OCH3 is 6. The number of aliphatic hydroxyl groups excluding tert-OH is 1. The Labute approximate surface area is 850 Å². The van der Waals surface area contributed by atoms with Crippen molar-refractivity contribution in [3.05, 3.63) is 235 Å². The number of amides is 3. The number of nitrogens with one attached hydrogen (secondary N) is 6. The minimum Gasteiger partial charge on any atom is -0.870 e. The number of anilines is 2. The van der Waals surface area contributed by atoms with E-state index < -0.39 is 31.2 Å². The summed E-state index contributed by atoms with van der Waals surface area (Å²) in [5.74, 6) is 2.27. The summed E-state index contributed by atoms with van der Waals surface area (Å²) in [4.78, 5) is 80.2. The Bertz CT molecular complexity index is 5880. The van der Waals surface area contributed by atoms with Crippen molar-refractivity contribution in [2.45, 2.75) is 99.8 Å². The van der Waals surface area contributed by atoms with Crippen LogP contribution in [0.25, 0.3) is 77.7 Å². The molecule has 0 fully saturated rings. The van der Waals surface area contributed by atoms with Crippen LogP contribution in [0.1, 0.15) is 100 Å². The van der Waals surface area contributed by atoms with Gasteiger partial charge in [-0.15, -0.1) is 12.4 Å². The van der Waals surface area contributed by atoms with E-state index in [4.69, 9.17) is 146 Å². The number of hydrogen-bond donors (Lipinski definition) is 13. The van der Waals surface area contributed by atoms with Crippen LogP contribution in [0.5, 0.6) is 28.7 Å². The summed E-state index contributed by atoms with van der Waals surface area (Å²) >= 11 is 33.2. The van der Waals surface area contributed by atoms with Gasteiger partial charge in [-0.1, -0.05) is 187 Å². The van der Waals surface area contributed by atoms with Crippen LogP contribution in [0.4, 0.5) is 27.5 Å². The molecule has 12 aromatic rings. The number of carboxylic acid groups (broad SMARTS) is 2. The van der Waals surface area contributed by atoms with Crippen molar-refractivity contribution in [2.75, 3.05) is 87.4 Å². The number of aliphatic hydroxyl groups is 1. The van der Waals surface area contributed by atoms with E-state index in [0.29, 0.717) is 61.9 Å². The zero-order valence-corrected chi connectivity index (χ0v) is 84.2. The number of alkyl carbamates (subject to hydrolysis) is 1. The number of nitrogens with zero attached hydrogens (tertiary/aromatic N) is 4. The summed E-state index contributed by atoms with van der Waals surface area (Å²) in [6.45, 7) is 10.7. The van der Waals surface area contributed by atoms with E-state index in [-0.39, 0.29) is 96.1 Å². The fourth-order valence-electron chi connectivity index (χ4n) is 12.6. The van der Waals surface area contributed by atoms with Crippen molar-refractivity contribution in [1.29, 1.82) is 5.41 Å². The van der Waals surface area contributed by atoms with Crippen molar-refractivity contribution >= 4 is 174 Å². The molecule has 724 valence electrons. The third-order valence-corrected chi connectivity index (χ3v) is 20.7. The van der Waals surface area contributed by atoms with Crippen molar-refractivity contribution in [3.8, 4) is 84.4 Å². The van der Waals surface area contributed by atoms with Crippen molar-refractivity contribution < 1.29 is 107 Å². The molecule has 2 aliphatic rings. The first kappa shape index (κ1) is 119. The fourth-order valence-corrected chi connectivity index (χ4v) is 13.1. The number of nitrogens with two attached hydrogens (primary N) is 4. The summed E-state index contributed by atoms with van der Waals surface area (Å²) < 4.78 is 32.2. The molecule has 0 radical (unpaired) electrons. The van der Waals surface area contributed by atoms with Crippen LogP contribution >= 0.6 is 82.0 Å². The number of halogens is 7. The molecule has 0 unspecified atom stereocenters. The number of benzene rings is 10. The number of aliphatic carboxylic acids is 2. The monoisotopic (exact) mass is 2010 g/mol. The summed E-state index contributed by atoms with van der Waals surface area (Å²) in [6.07, 6.45) is 3.85. The van der Waals surface area contributed by atoms with Crippen LogP contribution < -0.4 is 92.1 Å². The molecule has 2 atom stereocenters. The molecular weight excluding hydrogens is 1900 g/mol. The number of rotatable bonds is 24. The molecule has 10 aromatic carbocycles. The first-order chi connectivity index (χ1) is 62.8. The number of aromatic nitrogens is 4. The summed E-state index contributed by atoms with van der Waals surface area (Å²) in [6, 6.07) is 68.3. The molecule has 3 amide bonds. The van der Waals surface area contributed by atoms with Crippen LogP contribution in [0.2, 0.25) is 0 Å². The number of ether oxygens (including phenoxy) is 7. The smallest absolute Gasteiger partial charge is 0.870 e. The molecule has 38 heteroatoms. The molecule has 0 saturated carbocycles. The van der Waals surface area contributed by atoms with E-state index in [2.05, 4.69) is 63.6 Å². The summed E-state index contributed by atoms with van der Waals surface area (Å²) in [5.41, 5.74) is 41.6. The zero-order chi connectivity index (χ0) is 97.0. The largest absolute Gasteiger partial charge is 1.00 e. The molecule has 30 nitrogen and oxygen atoms in total. The number of fused-ring (bicyclic) bond motifs is 4. The molecule has 0 bridgehead atoms. The number of alkyl halides is 6. The molecule has 0 aliphatic carbocycles. The molecule has 0 spiro atoms. The normalized spacial score (nSPS) is 11.5. The van der Waals surface area contributed by atoms with Gasteiger partial charge in [0, 0.05) is 52.6 Å². The van der Waals surface area contributed by atoms with Crippen molar-refractivity contribution in [3.63, 3.8) is 0 Å². The maximum Gasteiger partial charge on any atom is 1.00 e. The van der Waals surface area contributed by atoms with Gasteiger partial charge in [0.2, 0.25) is 9.69 Å². The second kappa shape index (κ2) is 58.2. The van der Waals surface area contributed by atoms with Gasteiger partial charge in [-0.05, 0) is 235 Å². The number of imidazole rings is 2. The maximum absolute atomic E-state index is 12.6. The Morgan fingerprint density at radius 1 is 0.500 bits per heavy atom. The van der Waals surface area contributed by atoms with Crippen LogP contribution in [0.3, 0.4) is 0 Å². The van der Waals surface area contributed by atoms with Crippen LogP contribution in [0.15, 0.2) is 222 Å². The molecule has 14 rings (SSSR count). The zero-order valence-electron chi connectivity index (χ0n) is 76.9. The summed E-state index contributed by atoms with van der Waals surface area (Å²) in [7, 11) is 10.5. The predicted octanol–water partition coefficient (Wildman–Crippen LogP) is 17.5.